The van der Waals surface area contributed by atoms with E-state index in [1.807, 2.05) is 53.9 Å². The highest BCUT2D eigenvalue weighted by Crippen LogP contribution is 2.35. The zero-order valence-corrected chi connectivity index (χ0v) is 22.6. The van der Waals surface area contributed by atoms with Gasteiger partial charge in [-0.15, -0.1) is 11.3 Å². The number of methoxy groups -OCH3 is 4. The van der Waals surface area contributed by atoms with E-state index >= 15 is 0 Å². The molecule has 0 spiro atoms. The monoisotopic (exact) mass is 534 g/mol. The predicted octanol–water partition coefficient (Wildman–Crippen LogP) is 5.80. The summed E-state index contributed by atoms with van der Waals surface area (Å²) in [5.74, 6) is 1.68. The van der Waals surface area contributed by atoms with Gasteiger partial charge in [-0.2, -0.15) is 0 Å². The van der Waals surface area contributed by atoms with Gasteiger partial charge in [0.1, 0.15) is 17.6 Å². The van der Waals surface area contributed by atoms with E-state index in [4.69, 9.17) is 23.7 Å². The number of nitrogens with one attached hydrogen (secondary N) is 1. The number of ether oxygens (including phenoxy) is 5. The summed E-state index contributed by atoms with van der Waals surface area (Å²) in [6.45, 7) is 0.841. The van der Waals surface area contributed by atoms with Gasteiger partial charge in [0.05, 0.1) is 27.9 Å². The van der Waals surface area contributed by atoms with Crippen LogP contribution in [0.5, 0.6) is 17.2 Å². The number of hydrogen-bond acceptors (Lipinski definition) is 9. The van der Waals surface area contributed by atoms with Crippen LogP contribution in [0.4, 0.5) is 5.69 Å². The van der Waals surface area contributed by atoms with Crippen molar-refractivity contribution in [2.45, 2.75) is 13.2 Å². The Balaban J connectivity index is 1.59. The Kier molecular flexibility index (Phi) is 9.31. The number of ketones is 1. The van der Waals surface area contributed by atoms with Crippen LogP contribution >= 0.6 is 11.3 Å². The van der Waals surface area contributed by atoms with Crippen LogP contribution in [0.1, 0.15) is 27.0 Å². The van der Waals surface area contributed by atoms with Crippen LogP contribution in [-0.2, 0) is 22.6 Å². The summed E-state index contributed by atoms with van der Waals surface area (Å²) >= 11 is 1.56. The van der Waals surface area contributed by atoms with E-state index in [0.29, 0.717) is 34.9 Å². The molecule has 38 heavy (non-hydrogen) atoms. The van der Waals surface area contributed by atoms with E-state index < -0.39 is 0 Å². The largest absolute Gasteiger partial charge is 0.497 e. The molecule has 0 atom stereocenters. The predicted molar refractivity (Wildman–Crippen MR) is 148 cm³/mol. The first-order chi connectivity index (χ1) is 18.6. The van der Waals surface area contributed by atoms with Gasteiger partial charge in [-0.3, -0.25) is 4.79 Å². The second-order valence-electron chi connectivity index (χ2n) is 8.25. The van der Waals surface area contributed by atoms with Gasteiger partial charge in [-0.25, -0.2) is 4.98 Å². The molecular formula is C29H30N2O6S. The number of benzene rings is 3. The number of thiazole rings is 1. The van der Waals surface area contributed by atoms with E-state index in [0.717, 1.165) is 27.4 Å². The SMILES string of the molecule is COCOCc1cc(NCc2ccc(OC)cc2C(=O)c2ccc(-c3nccs3)cc2)cc(OC)c1OC. The summed E-state index contributed by atoms with van der Waals surface area (Å²) in [5.41, 5.74) is 4.54. The number of nitrogens with zero attached hydrogens (tertiary/aromatic N) is 1. The first-order valence-corrected chi connectivity index (χ1v) is 12.7. The van der Waals surface area contributed by atoms with Gasteiger partial charge < -0.3 is 29.0 Å². The first-order valence-electron chi connectivity index (χ1n) is 11.8. The summed E-state index contributed by atoms with van der Waals surface area (Å²) in [6, 6.07) is 16.8. The Morgan fingerprint density at radius 1 is 0.921 bits per heavy atom. The van der Waals surface area contributed by atoms with E-state index in [9.17, 15) is 4.79 Å². The van der Waals surface area contributed by atoms with Gasteiger partial charge in [0.2, 0.25) is 0 Å². The van der Waals surface area contributed by atoms with Gasteiger partial charge in [0, 0.05) is 59.2 Å². The fraction of sp³-hybridized carbons (Fsp3) is 0.241. The molecule has 0 aliphatic heterocycles. The summed E-state index contributed by atoms with van der Waals surface area (Å²) in [7, 11) is 6.32. The molecule has 0 aliphatic rings. The molecule has 0 unspecified atom stereocenters. The lowest BCUT2D eigenvalue weighted by Crippen LogP contribution is -2.10. The smallest absolute Gasteiger partial charge is 0.193 e. The van der Waals surface area contributed by atoms with E-state index in [1.54, 1.807) is 52.0 Å². The van der Waals surface area contributed by atoms with E-state index in [1.165, 1.54) is 0 Å². The molecule has 0 saturated heterocycles. The molecule has 8 nitrogen and oxygen atoms in total. The molecule has 4 aromatic rings. The lowest BCUT2D eigenvalue weighted by molar-refractivity contribution is -0.0395. The van der Waals surface area contributed by atoms with Crippen molar-refractivity contribution < 1.29 is 28.5 Å². The Labute approximate surface area is 226 Å². The molecule has 0 aliphatic carbocycles. The minimum absolute atomic E-state index is 0.0904. The van der Waals surface area contributed by atoms with Gasteiger partial charge in [-0.05, 0) is 23.8 Å². The van der Waals surface area contributed by atoms with Crippen molar-refractivity contribution >= 4 is 22.8 Å². The number of carbonyl (C=O) groups excluding carboxylic acids is 1. The van der Waals surface area contributed by atoms with Crippen LogP contribution in [0.25, 0.3) is 10.6 Å². The normalized spacial score (nSPS) is 10.7. The minimum atomic E-state index is -0.0904. The Morgan fingerprint density at radius 2 is 1.74 bits per heavy atom. The van der Waals surface area contributed by atoms with Gasteiger partial charge in [0.15, 0.2) is 17.3 Å². The molecule has 3 aromatic carbocycles. The van der Waals surface area contributed by atoms with Gasteiger partial charge in [0.25, 0.3) is 0 Å². The van der Waals surface area contributed by atoms with E-state index in [-0.39, 0.29) is 19.2 Å². The van der Waals surface area contributed by atoms with Crippen molar-refractivity contribution in [3.63, 3.8) is 0 Å². The van der Waals surface area contributed by atoms with Crippen LogP contribution in [-0.4, -0.2) is 46.0 Å². The lowest BCUT2D eigenvalue weighted by atomic mass is 9.97. The van der Waals surface area contributed by atoms with Crippen LogP contribution in [0.2, 0.25) is 0 Å². The molecule has 4 rings (SSSR count). The molecule has 198 valence electrons. The number of anilines is 1. The highest BCUT2D eigenvalue weighted by Gasteiger charge is 2.17. The average molecular weight is 535 g/mol. The maximum Gasteiger partial charge on any atom is 0.193 e. The van der Waals surface area contributed by atoms with Crippen molar-refractivity contribution in [2.75, 3.05) is 40.5 Å². The Morgan fingerprint density at radius 3 is 2.39 bits per heavy atom. The van der Waals surface area contributed by atoms with Crippen molar-refractivity contribution in [3.05, 3.63) is 88.4 Å². The van der Waals surface area contributed by atoms with Crippen LogP contribution in [0, 0.1) is 0 Å². The molecular weight excluding hydrogens is 504 g/mol. The van der Waals surface area contributed by atoms with Gasteiger partial charge >= 0.3 is 0 Å². The molecule has 0 amide bonds. The third-order valence-corrected chi connectivity index (χ3v) is 6.71. The number of hydrogen-bond donors (Lipinski definition) is 1. The fourth-order valence-electron chi connectivity index (χ4n) is 4.02. The third kappa shape index (κ3) is 6.31. The molecule has 1 heterocycles. The number of carbonyl (C=O) groups is 1. The second kappa shape index (κ2) is 13.0. The second-order valence-corrected chi connectivity index (χ2v) is 9.14. The lowest BCUT2D eigenvalue weighted by Gasteiger charge is -2.17. The Hall–Kier alpha value is -3.92. The third-order valence-electron chi connectivity index (χ3n) is 5.89. The molecule has 0 fully saturated rings. The number of rotatable bonds is 13. The molecule has 1 aromatic heterocycles. The molecule has 9 heteroatoms. The fourth-order valence-corrected chi connectivity index (χ4v) is 4.66. The topological polar surface area (TPSA) is 88.1 Å². The quantitative estimate of drug-likeness (QED) is 0.131. The molecule has 0 saturated carbocycles. The van der Waals surface area contributed by atoms with Crippen molar-refractivity contribution in [3.8, 4) is 27.8 Å². The molecule has 1 N–H and O–H groups in total. The van der Waals surface area contributed by atoms with Crippen LogP contribution in [0.15, 0.2) is 66.2 Å². The zero-order chi connectivity index (χ0) is 26.9. The van der Waals surface area contributed by atoms with Crippen molar-refractivity contribution in [1.29, 1.82) is 0 Å². The number of aromatic nitrogens is 1. The summed E-state index contributed by atoms with van der Waals surface area (Å²) in [5, 5.41) is 6.25. The van der Waals surface area contributed by atoms with Crippen LogP contribution < -0.4 is 19.5 Å². The van der Waals surface area contributed by atoms with Crippen molar-refractivity contribution in [1.82, 2.24) is 4.98 Å². The summed E-state index contributed by atoms with van der Waals surface area (Å²) in [4.78, 5) is 17.9. The maximum atomic E-state index is 13.6. The zero-order valence-electron chi connectivity index (χ0n) is 21.8. The minimum Gasteiger partial charge on any atom is -0.497 e. The first kappa shape index (κ1) is 27.1. The molecule has 0 radical (unpaired) electrons. The average Bonchev–Trinajstić information content (AvgIpc) is 3.51. The van der Waals surface area contributed by atoms with Crippen molar-refractivity contribution in [2.24, 2.45) is 0 Å². The highest BCUT2D eigenvalue weighted by molar-refractivity contribution is 7.13. The maximum absolute atomic E-state index is 13.6. The van der Waals surface area contributed by atoms with Crippen LogP contribution in [0.3, 0.4) is 0 Å². The summed E-state index contributed by atoms with van der Waals surface area (Å²) < 4.78 is 27.0. The van der Waals surface area contributed by atoms with Gasteiger partial charge in [-0.1, -0.05) is 30.3 Å². The Bertz CT molecular complexity index is 1360. The standard InChI is InChI=1S/C29H30N2O6S/c1-33-18-37-17-22-13-23(14-26(35-3)28(22)36-4)31-16-21-9-10-24(34-2)15-25(21)27(32)19-5-7-20(8-6-19)29-30-11-12-38-29/h5-15,31H,16-18H2,1-4H3. The van der Waals surface area contributed by atoms with E-state index in [2.05, 4.69) is 10.3 Å². The molecule has 0 bridgehead atoms. The summed E-state index contributed by atoms with van der Waals surface area (Å²) in [6.07, 6.45) is 1.77. The highest BCUT2D eigenvalue weighted by atomic mass is 32.1.